The molecule has 4 nitrogen and oxygen atoms in total. The van der Waals surface area contributed by atoms with Crippen LogP contribution in [0.15, 0.2) is 54.6 Å². The lowest BCUT2D eigenvalue weighted by atomic mass is 10.2. The maximum absolute atomic E-state index is 11.9. The lowest BCUT2D eigenvalue weighted by Crippen LogP contribution is -2.12. The van der Waals surface area contributed by atoms with Crippen LogP contribution in [0.1, 0.15) is 10.4 Å². The standard InChI is InChI=1S/C14H10NO3/c16-10-18-13-9-5-4-8-12(13)15-14(17)11-6-2-1-3-7-11/h1-9H,(H,15,17). The number of anilines is 1. The van der Waals surface area contributed by atoms with Crippen LogP contribution in [0.3, 0.4) is 0 Å². The van der Waals surface area contributed by atoms with Gasteiger partial charge in [0, 0.05) is 5.56 Å². The van der Waals surface area contributed by atoms with Gasteiger partial charge in [0.15, 0.2) is 5.75 Å². The Kier molecular flexibility index (Phi) is 3.71. The van der Waals surface area contributed by atoms with E-state index in [1.807, 2.05) is 6.07 Å². The molecule has 0 aliphatic heterocycles. The Labute approximate surface area is 104 Å². The van der Waals surface area contributed by atoms with Crippen molar-refractivity contribution in [3.63, 3.8) is 0 Å². The molecule has 18 heavy (non-hydrogen) atoms. The topological polar surface area (TPSA) is 55.4 Å². The number of benzene rings is 2. The number of nitrogens with one attached hydrogen (secondary N) is 1. The van der Waals surface area contributed by atoms with Gasteiger partial charge in [-0.05, 0) is 24.3 Å². The van der Waals surface area contributed by atoms with E-state index in [2.05, 4.69) is 10.1 Å². The third-order valence-corrected chi connectivity index (χ3v) is 2.32. The highest BCUT2D eigenvalue weighted by molar-refractivity contribution is 6.05. The molecule has 1 radical (unpaired) electrons. The minimum atomic E-state index is -0.266. The SMILES string of the molecule is O=[C]Oc1ccccc1NC(=O)c1ccccc1. The summed E-state index contributed by atoms with van der Waals surface area (Å²) in [6, 6.07) is 15.4. The van der Waals surface area contributed by atoms with Gasteiger partial charge < -0.3 is 10.1 Å². The van der Waals surface area contributed by atoms with Crippen molar-refractivity contribution in [3.8, 4) is 5.75 Å². The third-order valence-electron chi connectivity index (χ3n) is 2.32. The highest BCUT2D eigenvalue weighted by Gasteiger charge is 2.09. The van der Waals surface area contributed by atoms with Gasteiger partial charge in [0.2, 0.25) is 0 Å². The predicted octanol–water partition coefficient (Wildman–Crippen LogP) is 2.38. The third kappa shape index (κ3) is 2.74. The molecule has 0 aliphatic rings. The maximum Gasteiger partial charge on any atom is 0.423 e. The summed E-state index contributed by atoms with van der Waals surface area (Å²) in [5, 5.41) is 2.67. The molecule has 2 aromatic rings. The second-order valence-corrected chi connectivity index (χ2v) is 3.50. The van der Waals surface area contributed by atoms with E-state index in [0.29, 0.717) is 11.3 Å². The fourth-order valence-corrected chi connectivity index (χ4v) is 1.49. The van der Waals surface area contributed by atoms with Gasteiger partial charge in [0.25, 0.3) is 5.91 Å². The van der Waals surface area contributed by atoms with Gasteiger partial charge in [0.1, 0.15) is 0 Å². The number of amides is 1. The van der Waals surface area contributed by atoms with Crippen LogP contribution in [-0.4, -0.2) is 12.4 Å². The first kappa shape index (κ1) is 11.9. The normalized spacial score (nSPS) is 9.56. The molecule has 0 atom stereocenters. The fraction of sp³-hybridized carbons (Fsp3) is 0. The van der Waals surface area contributed by atoms with Crippen LogP contribution in [0, 0.1) is 0 Å². The first-order valence-electron chi connectivity index (χ1n) is 5.30. The van der Waals surface area contributed by atoms with Gasteiger partial charge in [0.05, 0.1) is 5.69 Å². The van der Waals surface area contributed by atoms with Crippen molar-refractivity contribution in [1.82, 2.24) is 0 Å². The zero-order valence-corrected chi connectivity index (χ0v) is 9.42. The molecule has 1 N–H and O–H groups in total. The molecule has 4 heteroatoms. The molecule has 0 fully saturated rings. The molecule has 89 valence electrons. The van der Waals surface area contributed by atoms with Crippen LogP contribution in [0.25, 0.3) is 0 Å². The van der Waals surface area contributed by atoms with Gasteiger partial charge in [-0.25, -0.2) is 4.79 Å². The Morgan fingerprint density at radius 3 is 2.39 bits per heavy atom. The Morgan fingerprint density at radius 2 is 1.67 bits per heavy atom. The summed E-state index contributed by atoms with van der Waals surface area (Å²) in [6.45, 7) is 1.34. The van der Waals surface area contributed by atoms with E-state index in [9.17, 15) is 9.59 Å². The molecule has 0 bridgehead atoms. The summed E-state index contributed by atoms with van der Waals surface area (Å²) in [6.07, 6.45) is 0. The fourth-order valence-electron chi connectivity index (χ4n) is 1.49. The van der Waals surface area contributed by atoms with E-state index < -0.39 is 0 Å². The molecule has 0 unspecified atom stereocenters. The van der Waals surface area contributed by atoms with Crippen molar-refractivity contribution < 1.29 is 14.3 Å². The molecular formula is C14H10NO3. The van der Waals surface area contributed by atoms with E-state index >= 15 is 0 Å². The van der Waals surface area contributed by atoms with Crippen LogP contribution >= 0.6 is 0 Å². The van der Waals surface area contributed by atoms with E-state index in [4.69, 9.17) is 0 Å². The minimum absolute atomic E-state index is 0.261. The minimum Gasteiger partial charge on any atom is -0.416 e. The van der Waals surface area contributed by atoms with Crippen LogP contribution in [-0.2, 0) is 4.79 Å². The summed E-state index contributed by atoms with van der Waals surface area (Å²) in [4.78, 5) is 22.1. The maximum atomic E-state index is 11.9. The highest BCUT2D eigenvalue weighted by atomic mass is 16.5. The lowest BCUT2D eigenvalue weighted by Gasteiger charge is -2.08. The van der Waals surface area contributed by atoms with Crippen molar-refractivity contribution in [3.05, 3.63) is 60.2 Å². The molecule has 1 amide bonds. The zero-order chi connectivity index (χ0) is 12.8. The van der Waals surface area contributed by atoms with Crippen LogP contribution in [0.4, 0.5) is 5.69 Å². The first-order valence-corrected chi connectivity index (χ1v) is 5.30. The second-order valence-electron chi connectivity index (χ2n) is 3.50. The van der Waals surface area contributed by atoms with E-state index in [0.717, 1.165) is 0 Å². The molecule has 0 saturated heterocycles. The molecule has 0 heterocycles. The summed E-state index contributed by atoms with van der Waals surface area (Å²) >= 11 is 0. The van der Waals surface area contributed by atoms with Gasteiger partial charge in [-0.1, -0.05) is 30.3 Å². The summed E-state index contributed by atoms with van der Waals surface area (Å²) < 4.78 is 4.65. The van der Waals surface area contributed by atoms with E-state index in [1.165, 1.54) is 6.47 Å². The number of carbonyl (C=O) groups excluding carboxylic acids is 2. The highest BCUT2D eigenvalue weighted by Crippen LogP contribution is 2.23. The summed E-state index contributed by atoms with van der Waals surface area (Å²) in [7, 11) is 0. The van der Waals surface area contributed by atoms with Crippen LogP contribution in [0.5, 0.6) is 5.75 Å². The van der Waals surface area contributed by atoms with Crippen molar-refractivity contribution in [2.24, 2.45) is 0 Å². The Morgan fingerprint density at radius 1 is 1.00 bits per heavy atom. The predicted molar refractivity (Wildman–Crippen MR) is 67.2 cm³/mol. The molecule has 0 aromatic heterocycles. The second kappa shape index (κ2) is 5.63. The van der Waals surface area contributed by atoms with Gasteiger partial charge in [-0.3, -0.25) is 4.79 Å². The summed E-state index contributed by atoms with van der Waals surface area (Å²) in [5.74, 6) is -0.00525. The Bertz CT molecular complexity index is 552. The molecule has 2 rings (SSSR count). The van der Waals surface area contributed by atoms with E-state index in [-0.39, 0.29) is 11.7 Å². The van der Waals surface area contributed by atoms with Crippen LogP contribution in [0.2, 0.25) is 0 Å². The monoisotopic (exact) mass is 240 g/mol. The zero-order valence-electron chi connectivity index (χ0n) is 9.42. The first-order chi connectivity index (χ1) is 8.81. The van der Waals surface area contributed by atoms with Gasteiger partial charge in [-0.2, -0.15) is 0 Å². The average molecular weight is 240 g/mol. The Balaban J connectivity index is 2.19. The summed E-state index contributed by atoms with van der Waals surface area (Å²) in [5.41, 5.74) is 0.956. The van der Waals surface area contributed by atoms with Crippen molar-refractivity contribution >= 4 is 18.1 Å². The molecular weight excluding hydrogens is 230 g/mol. The average Bonchev–Trinajstić information content (AvgIpc) is 2.42. The number of hydrogen-bond acceptors (Lipinski definition) is 3. The Hall–Kier alpha value is -2.62. The van der Waals surface area contributed by atoms with Crippen molar-refractivity contribution in [1.29, 1.82) is 0 Å². The molecule has 2 aromatic carbocycles. The number of ether oxygens (including phenoxy) is 1. The van der Waals surface area contributed by atoms with Gasteiger partial charge >= 0.3 is 6.47 Å². The lowest BCUT2D eigenvalue weighted by molar-refractivity contribution is 0.102. The smallest absolute Gasteiger partial charge is 0.416 e. The number of hydrogen-bond donors (Lipinski definition) is 1. The number of para-hydroxylation sites is 2. The molecule has 0 aliphatic carbocycles. The van der Waals surface area contributed by atoms with Gasteiger partial charge in [-0.15, -0.1) is 0 Å². The quantitative estimate of drug-likeness (QED) is 0.892. The molecule has 0 saturated carbocycles. The van der Waals surface area contributed by atoms with Crippen molar-refractivity contribution in [2.45, 2.75) is 0 Å². The number of carbonyl (C=O) groups is 1. The number of rotatable bonds is 4. The van der Waals surface area contributed by atoms with Crippen molar-refractivity contribution in [2.75, 3.05) is 5.32 Å². The van der Waals surface area contributed by atoms with E-state index in [1.54, 1.807) is 48.5 Å². The molecule has 0 spiro atoms. The van der Waals surface area contributed by atoms with Crippen LogP contribution < -0.4 is 10.1 Å². The largest absolute Gasteiger partial charge is 0.423 e.